The van der Waals surface area contributed by atoms with Gasteiger partial charge in [0.15, 0.2) is 0 Å². The van der Waals surface area contributed by atoms with Gasteiger partial charge in [-0.2, -0.15) is 18.3 Å². The van der Waals surface area contributed by atoms with Crippen molar-refractivity contribution in [1.82, 2.24) is 5.43 Å². The molecule has 3 nitrogen and oxygen atoms in total. The van der Waals surface area contributed by atoms with E-state index in [0.717, 1.165) is 12.1 Å². The lowest BCUT2D eigenvalue weighted by Gasteiger charge is -2.08. The van der Waals surface area contributed by atoms with Crippen LogP contribution in [0.15, 0.2) is 35.4 Å². The van der Waals surface area contributed by atoms with E-state index in [4.69, 9.17) is 0 Å². The number of rotatable bonds is 2. The third-order valence-electron chi connectivity index (χ3n) is 2.64. The number of amides is 1. The minimum atomic E-state index is -4.32. The summed E-state index contributed by atoms with van der Waals surface area (Å²) in [6.45, 7) is 0. The third kappa shape index (κ3) is 3.67. The number of hydrogen-bond acceptors (Lipinski definition) is 2. The molecular formula is C13H11F3N2O. The summed E-state index contributed by atoms with van der Waals surface area (Å²) in [6, 6.07) is 4.84. The van der Waals surface area contributed by atoms with Gasteiger partial charge in [-0.15, -0.1) is 0 Å². The molecule has 0 aromatic heterocycles. The van der Waals surface area contributed by atoms with E-state index in [9.17, 15) is 18.0 Å². The van der Waals surface area contributed by atoms with Crippen LogP contribution in [0.5, 0.6) is 0 Å². The fourth-order valence-electron chi connectivity index (χ4n) is 1.58. The number of nitrogens with zero attached hydrogens (tertiary/aromatic N) is 1. The van der Waals surface area contributed by atoms with Crippen LogP contribution in [-0.4, -0.2) is 11.6 Å². The number of benzene rings is 1. The Morgan fingerprint density at radius 2 is 1.79 bits per heavy atom. The van der Waals surface area contributed by atoms with Crippen molar-refractivity contribution in [2.75, 3.05) is 0 Å². The van der Waals surface area contributed by atoms with Gasteiger partial charge in [0.2, 0.25) is 5.91 Å². The molecule has 1 amide bonds. The van der Waals surface area contributed by atoms with E-state index in [-0.39, 0.29) is 5.91 Å². The van der Waals surface area contributed by atoms with Crippen molar-refractivity contribution in [2.45, 2.75) is 19.0 Å². The Morgan fingerprint density at radius 3 is 2.32 bits per heavy atom. The number of allylic oxidation sites excluding steroid dienone is 1. The van der Waals surface area contributed by atoms with Crippen molar-refractivity contribution in [3.63, 3.8) is 0 Å². The first-order valence-electron chi connectivity index (χ1n) is 5.66. The van der Waals surface area contributed by atoms with E-state index >= 15 is 0 Å². The van der Waals surface area contributed by atoms with Crippen LogP contribution < -0.4 is 5.43 Å². The van der Waals surface area contributed by atoms with Crippen LogP contribution in [0.4, 0.5) is 13.2 Å². The van der Waals surface area contributed by atoms with Gasteiger partial charge in [-0.05, 0) is 23.8 Å². The van der Waals surface area contributed by atoms with Gasteiger partial charge in [0.05, 0.1) is 11.3 Å². The van der Waals surface area contributed by atoms with E-state index in [1.165, 1.54) is 12.1 Å². The van der Waals surface area contributed by atoms with Crippen molar-refractivity contribution in [3.05, 3.63) is 41.5 Å². The average Bonchev–Trinajstić information content (AvgIpc) is 2.37. The molecule has 0 saturated heterocycles. The highest BCUT2D eigenvalue weighted by Gasteiger charge is 2.29. The summed E-state index contributed by atoms with van der Waals surface area (Å²) in [5, 5.41) is 3.83. The fourth-order valence-corrected chi connectivity index (χ4v) is 1.58. The second-order valence-corrected chi connectivity index (χ2v) is 4.09. The first kappa shape index (κ1) is 13.3. The van der Waals surface area contributed by atoms with Crippen LogP contribution in [0.3, 0.4) is 0 Å². The van der Waals surface area contributed by atoms with Crippen LogP contribution in [0.2, 0.25) is 0 Å². The van der Waals surface area contributed by atoms with Gasteiger partial charge >= 0.3 is 6.18 Å². The SMILES string of the molecule is O=C1CCC(C=Cc2ccc(C(F)(F)F)cc2)=NN1. The molecule has 6 heteroatoms. The predicted octanol–water partition coefficient (Wildman–Crippen LogP) is 2.98. The van der Waals surface area contributed by atoms with Crippen molar-refractivity contribution >= 4 is 17.7 Å². The Bertz CT molecular complexity index is 530. The highest BCUT2D eigenvalue weighted by molar-refractivity contribution is 6.02. The molecule has 0 spiro atoms. The van der Waals surface area contributed by atoms with Crippen molar-refractivity contribution in [3.8, 4) is 0 Å². The maximum Gasteiger partial charge on any atom is 0.416 e. The van der Waals surface area contributed by atoms with Gasteiger partial charge in [-0.1, -0.05) is 18.2 Å². The summed E-state index contributed by atoms with van der Waals surface area (Å²) in [5.41, 5.74) is 3.01. The van der Waals surface area contributed by atoms with Crippen LogP contribution >= 0.6 is 0 Å². The fraction of sp³-hybridized carbons (Fsp3) is 0.231. The first-order chi connectivity index (χ1) is 8.95. The lowest BCUT2D eigenvalue weighted by atomic mass is 10.1. The molecule has 1 aliphatic heterocycles. The molecule has 100 valence electrons. The minimum absolute atomic E-state index is 0.133. The Morgan fingerprint density at radius 1 is 1.11 bits per heavy atom. The largest absolute Gasteiger partial charge is 0.416 e. The molecule has 1 aromatic rings. The third-order valence-corrected chi connectivity index (χ3v) is 2.64. The van der Waals surface area contributed by atoms with Crippen LogP contribution in [0.1, 0.15) is 24.0 Å². The predicted molar refractivity (Wildman–Crippen MR) is 65.3 cm³/mol. The quantitative estimate of drug-likeness (QED) is 0.880. The summed E-state index contributed by atoms with van der Waals surface area (Å²) in [5.74, 6) is -0.133. The zero-order chi connectivity index (χ0) is 13.9. The Kier molecular flexibility index (Phi) is 3.69. The van der Waals surface area contributed by atoms with Gasteiger partial charge in [0, 0.05) is 12.8 Å². The average molecular weight is 268 g/mol. The van der Waals surface area contributed by atoms with Gasteiger partial charge in [-0.25, -0.2) is 5.43 Å². The topological polar surface area (TPSA) is 41.5 Å². The van der Waals surface area contributed by atoms with Gasteiger partial charge in [0.1, 0.15) is 0 Å². The molecule has 1 heterocycles. The molecule has 0 atom stereocenters. The molecule has 0 unspecified atom stereocenters. The molecular weight excluding hydrogens is 257 g/mol. The highest BCUT2D eigenvalue weighted by Crippen LogP contribution is 2.29. The Hall–Kier alpha value is -2.11. The minimum Gasteiger partial charge on any atom is -0.273 e. The lowest BCUT2D eigenvalue weighted by Crippen LogP contribution is -2.24. The second kappa shape index (κ2) is 5.26. The van der Waals surface area contributed by atoms with Crippen LogP contribution in [0, 0.1) is 0 Å². The molecule has 0 bridgehead atoms. The molecule has 0 aliphatic carbocycles. The van der Waals surface area contributed by atoms with E-state index in [1.54, 1.807) is 12.2 Å². The summed E-state index contributed by atoms with van der Waals surface area (Å²) in [6.07, 6.45) is -0.0718. The summed E-state index contributed by atoms with van der Waals surface area (Å²) < 4.78 is 37.1. The summed E-state index contributed by atoms with van der Waals surface area (Å²) in [7, 11) is 0. The standard InChI is InChI=1S/C13H11F3N2O/c14-13(15,16)10-4-1-9(2-5-10)3-6-11-7-8-12(19)18-17-11/h1-6H,7-8H2,(H,18,19). The smallest absolute Gasteiger partial charge is 0.273 e. The van der Waals surface area contributed by atoms with Gasteiger partial charge in [-0.3, -0.25) is 4.79 Å². The number of hydrazone groups is 1. The monoisotopic (exact) mass is 268 g/mol. The zero-order valence-corrected chi connectivity index (χ0v) is 9.87. The molecule has 1 aliphatic rings. The number of carbonyl (C=O) groups is 1. The molecule has 0 saturated carbocycles. The van der Waals surface area contributed by atoms with Crippen LogP contribution in [-0.2, 0) is 11.0 Å². The maximum absolute atomic E-state index is 12.4. The Labute approximate surface area is 107 Å². The highest BCUT2D eigenvalue weighted by atomic mass is 19.4. The maximum atomic E-state index is 12.4. The first-order valence-corrected chi connectivity index (χ1v) is 5.66. The molecule has 0 fully saturated rings. The second-order valence-electron chi connectivity index (χ2n) is 4.09. The molecule has 2 rings (SSSR count). The normalized spacial score (nSPS) is 16.4. The van der Waals surface area contributed by atoms with Gasteiger partial charge in [0.25, 0.3) is 0 Å². The number of hydrogen-bond donors (Lipinski definition) is 1. The number of halogens is 3. The molecule has 1 N–H and O–H groups in total. The number of alkyl halides is 3. The lowest BCUT2D eigenvalue weighted by molar-refractivity contribution is -0.137. The van der Waals surface area contributed by atoms with E-state index in [2.05, 4.69) is 10.5 Å². The van der Waals surface area contributed by atoms with Crippen molar-refractivity contribution < 1.29 is 18.0 Å². The zero-order valence-electron chi connectivity index (χ0n) is 9.87. The summed E-state index contributed by atoms with van der Waals surface area (Å²) >= 11 is 0. The van der Waals surface area contributed by atoms with E-state index in [1.807, 2.05) is 0 Å². The number of nitrogens with one attached hydrogen (secondary N) is 1. The van der Waals surface area contributed by atoms with Gasteiger partial charge < -0.3 is 0 Å². The molecule has 19 heavy (non-hydrogen) atoms. The Balaban J connectivity index is 2.06. The van der Waals surface area contributed by atoms with E-state index in [0.29, 0.717) is 24.1 Å². The van der Waals surface area contributed by atoms with E-state index < -0.39 is 11.7 Å². The van der Waals surface area contributed by atoms with Crippen LogP contribution in [0.25, 0.3) is 6.08 Å². The molecule has 0 radical (unpaired) electrons. The number of carbonyl (C=O) groups excluding carboxylic acids is 1. The van der Waals surface area contributed by atoms with Crippen molar-refractivity contribution in [2.24, 2.45) is 5.10 Å². The molecule has 1 aromatic carbocycles. The summed E-state index contributed by atoms with van der Waals surface area (Å²) in [4.78, 5) is 10.9. The van der Waals surface area contributed by atoms with Crippen molar-refractivity contribution in [1.29, 1.82) is 0 Å².